The molecule has 4 heterocycles. The number of anilines is 2. The Morgan fingerprint density at radius 1 is 1.17 bits per heavy atom. The van der Waals surface area contributed by atoms with Gasteiger partial charge < -0.3 is 15.6 Å². The summed E-state index contributed by atoms with van der Waals surface area (Å²) < 4.78 is 7.49. The van der Waals surface area contributed by atoms with E-state index in [-0.39, 0.29) is 17.9 Å². The fourth-order valence-electron chi connectivity index (χ4n) is 4.94. The third-order valence-corrected chi connectivity index (χ3v) is 7.79. The summed E-state index contributed by atoms with van der Waals surface area (Å²) in [4.78, 5) is 27.7. The molecule has 1 amide bonds. The van der Waals surface area contributed by atoms with Crippen molar-refractivity contribution in [1.82, 2.24) is 19.4 Å². The summed E-state index contributed by atoms with van der Waals surface area (Å²) in [6.07, 6.45) is 7.43. The predicted octanol–water partition coefficient (Wildman–Crippen LogP) is 3.78. The lowest BCUT2D eigenvalue weighted by Gasteiger charge is -2.24. The van der Waals surface area contributed by atoms with Gasteiger partial charge >= 0.3 is 0 Å². The first kappa shape index (κ1) is 22.1. The van der Waals surface area contributed by atoms with E-state index in [1.165, 1.54) is 11.3 Å². The van der Waals surface area contributed by atoms with E-state index in [9.17, 15) is 9.90 Å². The Morgan fingerprint density at radius 3 is 2.74 bits per heavy atom. The zero-order valence-electron chi connectivity index (χ0n) is 19.1. The molecule has 1 aliphatic heterocycles. The third-order valence-electron chi connectivity index (χ3n) is 6.81. The van der Waals surface area contributed by atoms with Crippen molar-refractivity contribution < 1.29 is 14.6 Å². The number of nitrogens with two attached hydrogens (primary N) is 1. The van der Waals surface area contributed by atoms with Gasteiger partial charge in [-0.05, 0) is 37.8 Å². The van der Waals surface area contributed by atoms with Crippen LogP contribution in [0.2, 0.25) is 0 Å². The topological polar surface area (TPSA) is 128 Å². The van der Waals surface area contributed by atoms with E-state index in [1.54, 1.807) is 18.3 Å². The van der Waals surface area contributed by atoms with Crippen molar-refractivity contribution in [3.8, 4) is 11.3 Å². The van der Waals surface area contributed by atoms with Crippen molar-refractivity contribution in [2.45, 2.75) is 50.7 Å². The van der Waals surface area contributed by atoms with Gasteiger partial charge in [-0.1, -0.05) is 23.5 Å². The van der Waals surface area contributed by atoms with Crippen LogP contribution in [0.3, 0.4) is 0 Å². The highest BCUT2D eigenvalue weighted by atomic mass is 32.1. The summed E-state index contributed by atoms with van der Waals surface area (Å²) in [7, 11) is 0. The van der Waals surface area contributed by atoms with Crippen molar-refractivity contribution in [3.63, 3.8) is 0 Å². The molecule has 35 heavy (non-hydrogen) atoms. The van der Waals surface area contributed by atoms with Gasteiger partial charge in [0.05, 0.1) is 29.9 Å². The number of hydrogen-bond acceptors (Lipinski definition) is 8. The molecule has 1 fully saturated rings. The van der Waals surface area contributed by atoms with Gasteiger partial charge in [0, 0.05) is 35.9 Å². The van der Waals surface area contributed by atoms with Crippen LogP contribution in [0, 0.1) is 0 Å². The van der Waals surface area contributed by atoms with Crippen LogP contribution in [0.15, 0.2) is 36.7 Å². The Balaban J connectivity index is 1.28. The fourth-order valence-corrected chi connectivity index (χ4v) is 5.88. The summed E-state index contributed by atoms with van der Waals surface area (Å²) in [5.74, 6) is 1.40. The number of aliphatic hydroxyl groups excluding tert-OH is 1. The summed E-state index contributed by atoms with van der Waals surface area (Å²) in [5, 5.41) is 13.4. The molecule has 0 unspecified atom stereocenters. The summed E-state index contributed by atoms with van der Waals surface area (Å²) in [6.45, 7) is 1.22. The van der Waals surface area contributed by atoms with E-state index >= 15 is 0 Å². The molecular formula is C25H26N6O3S. The smallest absolute Gasteiger partial charge is 0.257 e. The number of benzene rings is 1. The van der Waals surface area contributed by atoms with Crippen LogP contribution in [0.4, 0.5) is 10.9 Å². The van der Waals surface area contributed by atoms with E-state index in [0.29, 0.717) is 29.7 Å². The monoisotopic (exact) mass is 490 g/mol. The van der Waals surface area contributed by atoms with E-state index in [0.717, 1.165) is 65.3 Å². The number of thiazole rings is 1. The number of rotatable bonds is 4. The second-order valence-electron chi connectivity index (χ2n) is 9.08. The third kappa shape index (κ3) is 4.18. The number of hydrogen-bond donors (Lipinski definition) is 3. The molecule has 4 N–H and O–H groups in total. The number of nitrogens with one attached hydrogen (secondary N) is 1. The van der Waals surface area contributed by atoms with Gasteiger partial charge in [-0.25, -0.2) is 15.0 Å². The number of ether oxygens (including phenoxy) is 1. The van der Waals surface area contributed by atoms with Crippen LogP contribution < -0.4 is 11.1 Å². The molecule has 10 heteroatoms. The first-order valence-electron chi connectivity index (χ1n) is 11.9. The maximum Gasteiger partial charge on any atom is 0.257 e. The van der Waals surface area contributed by atoms with Gasteiger partial charge in [-0.15, -0.1) is 0 Å². The Kier molecular flexibility index (Phi) is 5.71. The van der Waals surface area contributed by atoms with Gasteiger partial charge in [0.2, 0.25) is 0 Å². The number of carbonyl (C=O) groups is 1. The molecule has 2 aliphatic rings. The number of fused-ring (bicyclic) bond motifs is 2. The Bertz CT molecular complexity index is 1360. The lowest BCUT2D eigenvalue weighted by Crippen LogP contribution is -2.18. The molecule has 180 valence electrons. The van der Waals surface area contributed by atoms with Crippen LogP contribution in [0.25, 0.3) is 16.8 Å². The quantitative estimate of drug-likeness (QED) is 0.397. The number of nitrogens with zero attached hydrogens (tertiary/aromatic N) is 4. The predicted molar refractivity (Wildman–Crippen MR) is 133 cm³/mol. The number of nitrogen functional groups attached to an aromatic ring is 1. The SMILES string of the molecule is Nc1nccn2c1c(-c1ccc(C(=O)Nc3nc4c(s3)COCC4)cc1)nc2[C@H]1CC[C@H](O)CC1. The molecular weight excluding hydrogens is 464 g/mol. The zero-order valence-corrected chi connectivity index (χ0v) is 19.9. The lowest BCUT2D eigenvalue weighted by atomic mass is 9.87. The minimum atomic E-state index is -0.231. The Labute approximate surface area is 206 Å². The van der Waals surface area contributed by atoms with Crippen molar-refractivity contribution in [3.05, 3.63) is 58.6 Å². The van der Waals surface area contributed by atoms with Crippen LogP contribution in [0.1, 0.15) is 58.4 Å². The van der Waals surface area contributed by atoms with Crippen LogP contribution in [-0.2, 0) is 17.8 Å². The number of aliphatic hydroxyl groups is 1. The van der Waals surface area contributed by atoms with Gasteiger partial charge in [0.25, 0.3) is 5.91 Å². The van der Waals surface area contributed by atoms with Crippen molar-refractivity contribution in [2.75, 3.05) is 17.7 Å². The van der Waals surface area contributed by atoms with E-state index in [4.69, 9.17) is 15.5 Å². The molecule has 0 spiro atoms. The molecule has 9 nitrogen and oxygen atoms in total. The molecule has 0 radical (unpaired) electrons. The molecule has 0 saturated heterocycles. The number of aromatic nitrogens is 4. The minimum Gasteiger partial charge on any atom is -0.393 e. The first-order chi connectivity index (χ1) is 17.1. The van der Waals surface area contributed by atoms with E-state index in [1.807, 2.05) is 22.7 Å². The number of amides is 1. The minimum absolute atomic E-state index is 0.208. The summed E-state index contributed by atoms with van der Waals surface area (Å²) in [6, 6.07) is 7.35. The molecule has 6 rings (SSSR count). The molecule has 1 aromatic carbocycles. The molecule has 1 aliphatic carbocycles. The normalized spacial score (nSPS) is 20.0. The number of imidazole rings is 1. The molecule has 3 aromatic heterocycles. The average Bonchev–Trinajstić information content (AvgIpc) is 3.47. The lowest BCUT2D eigenvalue weighted by molar-refractivity contribution is 0.102. The molecule has 0 atom stereocenters. The Hall–Kier alpha value is -3.34. The van der Waals surface area contributed by atoms with Gasteiger partial charge in [-0.3, -0.25) is 14.5 Å². The first-order valence-corrected chi connectivity index (χ1v) is 12.7. The van der Waals surface area contributed by atoms with Crippen LogP contribution in [0.5, 0.6) is 0 Å². The van der Waals surface area contributed by atoms with Gasteiger partial charge in [-0.2, -0.15) is 0 Å². The summed E-state index contributed by atoms with van der Waals surface area (Å²) >= 11 is 1.46. The highest BCUT2D eigenvalue weighted by Crippen LogP contribution is 2.37. The maximum absolute atomic E-state index is 12.8. The second kappa shape index (κ2) is 9.03. The van der Waals surface area contributed by atoms with Crippen molar-refractivity contribution >= 4 is 33.7 Å². The zero-order chi connectivity index (χ0) is 23.9. The maximum atomic E-state index is 12.8. The molecule has 1 saturated carbocycles. The molecule has 0 bridgehead atoms. The van der Waals surface area contributed by atoms with Gasteiger partial charge in [0.1, 0.15) is 22.9 Å². The number of carbonyl (C=O) groups excluding carboxylic acids is 1. The molecule has 4 aromatic rings. The van der Waals surface area contributed by atoms with Crippen LogP contribution >= 0.6 is 11.3 Å². The van der Waals surface area contributed by atoms with Crippen molar-refractivity contribution in [2.24, 2.45) is 0 Å². The van der Waals surface area contributed by atoms with Crippen molar-refractivity contribution in [1.29, 1.82) is 0 Å². The Morgan fingerprint density at radius 2 is 1.97 bits per heavy atom. The summed E-state index contributed by atoms with van der Waals surface area (Å²) in [5.41, 5.74) is 10.2. The highest BCUT2D eigenvalue weighted by molar-refractivity contribution is 7.15. The largest absolute Gasteiger partial charge is 0.393 e. The standard InChI is InChI=1S/C25H26N6O3S/c26-22-21-20(29-23(31(21)11-10-27-22)15-5-7-17(32)8-6-15)14-1-3-16(4-2-14)24(33)30-25-28-18-9-12-34-13-19(18)35-25/h1-4,10-11,15,17,32H,5-9,12-13H2,(H2,26,27)(H,28,30,33)/t15-,17-. The average molecular weight is 491 g/mol. The van der Waals surface area contributed by atoms with E-state index < -0.39 is 0 Å². The highest BCUT2D eigenvalue weighted by Gasteiger charge is 2.27. The fraction of sp³-hybridized carbons (Fsp3) is 0.360. The second-order valence-corrected chi connectivity index (χ2v) is 10.2. The van der Waals surface area contributed by atoms with Crippen LogP contribution in [-0.4, -0.2) is 43.1 Å². The van der Waals surface area contributed by atoms with Gasteiger partial charge in [0.15, 0.2) is 5.13 Å². The van der Waals surface area contributed by atoms with E-state index in [2.05, 4.69) is 15.3 Å².